The fourth-order valence-electron chi connectivity index (χ4n) is 1.79. The lowest BCUT2D eigenvalue weighted by molar-refractivity contribution is -0.163. The molecule has 0 spiro atoms. The van der Waals surface area contributed by atoms with E-state index in [1.54, 1.807) is 13.0 Å². The van der Waals surface area contributed by atoms with Gasteiger partial charge in [-0.2, -0.15) is 0 Å². The Hall–Kier alpha value is -1.71. The van der Waals surface area contributed by atoms with Gasteiger partial charge in [0.1, 0.15) is 0 Å². The highest BCUT2D eigenvalue weighted by molar-refractivity contribution is 5.77. The molecule has 0 unspecified atom stereocenters. The van der Waals surface area contributed by atoms with Crippen molar-refractivity contribution in [3.63, 3.8) is 0 Å². The van der Waals surface area contributed by atoms with Crippen molar-refractivity contribution >= 4 is 5.97 Å². The zero-order valence-corrected chi connectivity index (χ0v) is 10.2. The average Bonchev–Trinajstić information content (AvgIpc) is 2.27. The topological polar surface area (TPSA) is 44.8 Å². The highest BCUT2D eigenvalue weighted by Gasteiger charge is 2.44. The number of fused-ring (bicyclic) bond motifs is 1. The summed E-state index contributed by atoms with van der Waals surface area (Å²) in [6, 6.07) is 7.29. The lowest BCUT2D eigenvalue weighted by atomic mass is 9.99. The van der Waals surface area contributed by atoms with Crippen molar-refractivity contribution in [1.29, 1.82) is 0 Å². The van der Waals surface area contributed by atoms with E-state index in [-0.39, 0.29) is 0 Å². The molecule has 4 heteroatoms. The van der Waals surface area contributed by atoms with Crippen LogP contribution in [0.25, 0.3) is 0 Å². The third-order valence-corrected chi connectivity index (χ3v) is 2.60. The van der Waals surface area contributed by atoms with E-state index < -0.39 is 17.7 Å². The summed E-state index contributed by atoms with van der Waals surface area (Å²) >= 11 is 0. The molecule has 4 nitrogen and oxygen atoms in total. The van der Waals surface area contributed by atoms with Gasteiger partial charge in [0.15, 0.2) is 17.1 Å². The maximum absolute atomic E-state index is 11.8. The molecule has 0 fully saturated rings. The Morgan fingerprint density at radius 3 is 2.65 bits per heavy atom. The molecule has 0 saturated carbocycles. The van der Waals surface area contributed by atoms with E-state index >= 15 is 0 Å². The minimum absolute atomic E-state index is 0.330. The monoisotopic (exact) mass is 236 g/mol. The SMILES string of the molecule is CCOC(=O)[C@H]1Oc2ccccc2OC1(C)C. The van der Waals surface area contributed by atoms with E-state index in [9.17, 15) is 4.79 Å². The van der Waals surface area contributed by atoms with Crippen LogP contribution in [0.5, 0.6) is 11.5 Å². The molecule has 1 aromatic rings. The smallest absolute Gasteiger partial charge is 0.351 e. The van der Waals surface area contributed by atoms with Crippen molar-refractivity contribution in [3.05, 3.63) is 24.3 Å². The largest absolute Gasteiger partial charge is 0.479 e. The van der Waals surface area contributed by atoms with Crippen molar-refractivity contribution in [2.45, 2.75) is 32.5 Å². The minimum atomic E-state index is -0.739. The minimum Gasteiger partial charge on any atom is -0.479 e. The Balaban J connectivity index is 2.28. The standard InChI is InChI=1S/C13H16O4/c1-4-15-12(14)11-13(2,3)17-10-8-6-5-7-9(10)16-11/h5-8,11H,4H2,1-3H3/t11-/m1/s1. The molecule has 0 saturated heterocycles. The summed E-state index contributed by atoms with van der Waals surface area (Å²) in [5.74, 6) is 0.829. The van der Waals surface area contributed by atoms with Crippen molar-refractivity contribution < 1.29 is 19.0 Å². The van der Waals surface area contributed by atoms with Crippen LogP contribution in [0, 0.1) is 0 Å². The van der Waals surface area contributed by atoms with Crippen LogP contribution in [-0.4, -0.2) is 24.3 Å². The Bertz CT molecular complexity index is 425. The summed E-state index contributed by atoms with van der Waals surface area (Å²) in [7, 11) is 0. The Labute approximate surface area is 100 Å². The number of carbonyl (C=O) groups is 1. The van der Waals surface area contributed by atoms with Gasteiger partial charge in [0, 0.05) is 0 Å². The number of hydrogen-bond acceptors (Lipinski definition) is 4. The van der Waals surface area contributed by atoms with Crippen LogP contribution in [0.4, 0.5) is 0 Å². The number of para-hydroxylation sites is 2. The molecular weight excluding hydrogens is 220 g/mol. The molecule has 2 rings (SSSR count). The normalized spacial score (nSPS) is 20.8. The predicted octanol–water partition coefficient (Wildman–Crippen LogP) is 2.17. The molecule has 0 aliphatic carbocycles. The number of ether oxygens (including phenoxy) is 3. The van der Waals surface area contributed by atoms with Crippen molar-refractivity contribution in [2.24, 2.45) is 0 Å². The van der Waals surface area contributed by atoms with Gasteiger partial charge in [-0.1, -0.05) is 12.1 Å². The van der Waals surface area contributed by atoms with E-state index in [2.05, 4.69) is 0 Å². The van der Waals surface area contributed by atoms with E-state index in [4.69, 9.17) is 14.2 Å². The molecule has 1 heterocycles. The van der Waals surface area contributed by atoms with Crippen molar-refractivity contribution in [1.82, 2.24) is 0 Å². The van der Waals surface area contributed by atoms with E-state index in [1.807, 2.05) is 32.0 Å². The van der Waals surface area contributed by atoms with E-state index in [0.717, 1.165) is 0 Å². The van der Waals surface area contributed by atoms with Crippen LogP contribution < -0.4 is 9.47 Å². The first-order valence-corrected chi connectivity index (χ1v) is 5.66. The van der Waals surface area contributed by atoms with Gasteiger partial charge in [0.05, 0.1) is 6.61 Å². The van der Waals surface area contributed by atoms with E-state index in [1.165, 1.54) is 0 Å². The highest BCUT2D eigenvalue weighted by Crippen LogP contribution is 2.38. The maximum atomic E-state index is 11.8. The first-order valence-electron chi connectivity index (χ1n) is 5.66. The van der Waals surface area contributed by atoms with Gasteiger partial charge in [-0.25, -0.2) is 4.79 Å². The number of rotatable bonds is 2. The lowest BCUT2D eigenvalue weighted by Gasteiger charge is -2.38. The average molecular weight is 236 g/mol. The number of hydrogen-bond donors (Lipinski definition) is 0. The summed E-state index contributed by atoms with van der Waals surface area (Å²) in [4.78, 5) is 11.8. The summed E-state index contributed by atoms with van der Waals surface area (Å²) in [5.41, 5.74) is -0.736. The second-order valence-electron chi connectivity index (χ2n) is 4.40. The predicted molar refractivity (Wildman–Crippen MR) is 62.2 cm³/mol. The summed E-state index contributed by atoms with van der Waals surface area (Å²) in [5, 5.41) is 0. The number of benzene rings is 1. The Morgan fingerprint density at radius 1 is 1.35 bits per heavy atom. The van der Waals surface area contributed by atoms with Crippen LogP contribution in [0.1, 0.15) is 20.8 Å². The van der Waals surface area contributed by atoms with Crippen LogP contribution in [-0.2, 0) is 9.53 Å². The molecule has 1 aliphatic rings. The molecule has 1 aliphatic heterocycles. The number of esters is 1. The van der Waals surface area contributed by atoms with Gasteiger partial charge in [-0.3, -0.25) is 0 Å². The number of carbonyl (C=O) groups excluding carboxylic acids is 1. The van der Waals surface area contributed by atoms with E-state index in [0.29, 0.717) is 18.1 Å². The van der Waals surface area contributed by atoms with Crippen molar-refractivity contribution in [3.8, 4) is 11.5 Å². The first-order chi connectivity index (χ1) is 8.04. The maximum Gasteiger partial charge on any atom is 0.351 e. The Morgan fingerprint density at radius 2 is 2.00 bits per heavy atom. The summed E-state index contributed by atoms with van der Waals surface area (Å²) in [6.45, 7) is 5.72. The molecule has 0 N–H and O–H groups in total. The van der Waals surface area contributed by atoms with Gasteiger partial charge < -0.3 is 14.2 Å². The molecular formula is C13H16O4. The Kier molecular flexibility index (Phi) is 2.96. The molecule has 0 radical (unpaired) electrons. The van der Waals surface area contributed by atoms with Gasteiger partial charge >= 0.3 is 5.97 Å². The highest BCUT2D eigenvalue weighted by atomic mass is 16.6. The third kappa shape index (κ3) is 2.20. The molecule has 1 atom stereocenters. The van der Waals surface area contributed by atoms with Gasteiger partial charge in [0.2, 0.25) is 6.10 Å². The third-order valence-electron chi connectivity index (χ3n) is 2.60. The zero-order valence-electron chi connectivity index (χ0n) is 10.2. The second kappa shape index (κ2) is 4.28. The first kappa shape index (κ1) is 11.8. The molecule has 92 valence electrons. The summed E-state index contributed by atoms with van der Waals surface area (Å²) in [6.07, 6.45) is -0.739. The van der Waals surface area contributed by atoms with Crippen LogP contribution >= 0.6 is 0 Å². The van der Waals surface area contributed by atoms with Gasteiger partial charge in [-0.05, 0) is 32.9 Å². The molecule has 0 aromatic heterocycles. The zero-order chi connectivity index (χ0) is 12.5. The molecule has 0 bridgehead atoms. The van der Waals surface area contributed by atoms with Crippen molar-refractivity contribution in [2.75, 3.05) is 6.61 Å². The molecule has 0 amide bonds. The van der Waals surface area contributed by atoms with Crippen LogP contribution in [0.15, 0.2) is 24.3 Å². The van der Waals surface area contributed by atoms with Gasteiger partial charge in [0.25, 0.3) is 0 Å². The lowest BCUT2D eigenvalue weighted by Crippen LogP contribution is -2.53. The van der Waals surface area contributed by atoms with Gasteiger partial charge in [-0.15, -0.1) is 0 Å². The fourth-order valence-corrected chi connectivity index (χ4v) is 1.79. The second-order valence-corrected chi connectivity index (χ2v) is 4.40. The van der Waals surface area contributed by atoms with Crippen LogP contribution in [0.3, 0.4) is 0 Å². The fraction of sp³-hybridized carbons (Fsp3) is 0.462. The molecule has 1 aromatic carbocycles. The van der Waals surface area contributed by atoms with Crippen LogP contribution in [0.2, 0.25) is 0 Å². The quantitative estimate of drug-likeness (QED) is 0.738. The molecule has 17 heavy (non-hydrogen) atoms. The summed E-state index contributed by atoms with van der Waals surface area (Å²) < 4.78 is 16.4.